The molecule has 1 aliphatic rings. The molecule has 1 amide bonds. The summed E-state index contributed by atoms with van der Waals surface area (Å²) < 4.78 is 37.8. The molecule has 0 spiro atoms. The van der Waals surface area contributed by atoms with Gasteiger partial charge in [0.15, 0.2) is 0 Å². The zero-order chi connectivity index (χ0) is 24.1. The smallest absolute Gasteiger partial charge is 0.349 e. The molecule has 1 aliphatic heterocycles. The van der Waals surface area contributed by atoms with Crippen LogP contribution >= 0.6 is 0 Å². The van der Waals surface area contributed by atoms with E-state index >= 15 is 0 Å². The summed E-state index contributed by atoms with van der Waals surface area (Å²) in [7, 11) is 0. The van der Waals surface area contributed by atoms with Gasteiger partial charge in [0, 0.05) is 18.3 Å². The lowest BCUT2D eigenvalue weighted by molar-refractivity contribution is -0.137. The molecule has 8 nitrogen and oxygen atoms in total. The van der Waals surface area contributed by atoms with Crippen LogP contribution in [0.1, 0.15) is 36.6 Å². The zero-order valence-electron chi connectivity index (χ0n) is 18.8. The minimum absolute atomic E-state index is 0.00405. The van der Waals surface area contributed by atoms with E-state index < -0.39 is 17.6 Å². The number of likely N-dealkylation sites (tertiary alicyclic amines) is 1. The number of amides is 1. The van der Waals surface area contributed by atoms with E-state index in [1.54, 1.807) is 0 Å². The molecule has 3 heterocycles. The summed E-state index contributed by atoms with van der Waals surface area (Å²) in [4.78, 5) is 19.5. The Labute approximate surface area is 195 Å². The summed E-state index contributed by atoms with van der Waals surface area (Å²) in [6.45, 7) is 5.29. The van der Waals surface area contributed by atoms with Gasteiger partial charge >= 0.3 is 6.18 Å². The van der Waals surface area contributed by atoms with Gasteiger partial charge in [-0.2, -0.15) is 18.0 Å². The van der Waals surface area contributed by atoms with Crippen molar-refractivity contribution in [2.24, 2.45) is 5.92 Å². The van der Waals surface area contributed by atoms with Crippen molar-refractivity contribution >= 4 is 5.91 Å². The SMILES string of the molecule is CC1CCN(Cc2ccc(-c3nnn(CC(=O)NCc4ccc(C(F)(F)F)cn4)n3)cc2)CC1. The highest BCUT2D eigenvalue weighted by Gasteiger charge is 2.30. The zero-order valence-corrected chi connectivity index (χ0v) is 18.8. The number of halogens is 3. The number of nitrogens with one attached hydrogen (secondary N) is 1. The van der Waals surface area contributed by atoms with Crippen LogP contribution in [-0.2, 0) is 30.6 Å². The van der Waals surface area contributed by atoms with Crippen molar-refractivity contribution in [1.29, 1.82) is 0 Å². The van der Waals surface area contributed by atoms with Crippen LogP contribution in [0.3, 0.4) is 0 Å². The minimum atomic E-state index is -4.45. The van der Waals surface area contributed by atoms with Gasteiger partial charge in [-0.25, -0.2) is 0 Å². The average molecular weight is 474 g/mol. The maximum atomic E-state index is 12.6. The second-order valence-electron chi connectivity index (χ2n) is 8.61. The lowest BCUT2D eigenvalue weighted by Crippen LogP contribution is -2.32. The van der Waals surface area contributed by atoms with Crippen molar-refractivity contribution in [3.05, 3.63) is 59.4 Å². The highest BCUT2D eigenvalue weighted by Crippen LogP contribution is 2.28. The Bertz CT molecular complexity index is 1090. The number of aromatic nitrogens is 5. The van der Waals surface area contributed by atoms with E-state index in [1.165, 1.54) is 29.3 Å². The molecular weight excluding hydrogens is 447 g/mol. The van der Waals surface area contributed by atoms with Gasteiger partial charge in [0.1, 0.15) is 6.54 Å². The van der Waals surface area contributed by atoms with Crippen LogP contribution < -0.4 is 5.32 Å². The molecule has 1 N–H and O–H groups in total. The third kappa shape index (κ3) is 6.37. The Morgan fingerprint density at radius 2 is 1.85 bits per heavy atom. The molecule has 1 aromatic carbocycles. The number of pyridine rings is 1. The number of benzene rings is 1. The molecule has 11 heteroatoms. The first-order valence-corrected chi connectivity index (χ1v) is 11.1. The Hall–Kier alpha value is -3.34. The predicted octanol–water partition coefficient (Wildman–Crippen LogP) is 3.30. The van der Waals surface area contributed by atoms with Gasteiger partial charge in [-0.1, -0.05) is 31.2 Å². The second-order valence-corrected chi connectivity index (χ2v) is 8.61. The van der Waals surface area contributed by atoms with Crippen molar-refractivity contribution < 1.29 is 18.0 Å². The number of piperidine rings is 1. The predicted molar refractivity (Wildman–Crippen MR) is 118 cm³/mol. The van der Waals surface area contributed by atoms with Gasteiger partial charge < -0.3 is 5.32 Å². The number of hydrogen-bond acceptors (Lipinski definition) is 6. The average Bonchev–Trinajstić information content (AvgIpc) is 3.28. The third-order valence-corrected chi connectivity index (χ3v) is 5.85. The Morgan fingerprint density at radius 3 is 2.50 bits per heavy atom. The van der Waals surface area contributed by atoms with Crippen molar-refractivity contribution in [1.82, 2.24) is 35.4 Å². The molecule has 34 heavy (non-hydrogen) atoms. The molecule has 0 atom stereocenters. The van der Waals surface area contributed by atoms with Gasteiger partial charge in [0.05, 0.1) is 17.8 Å². The molecule has 180 valence electrons. The number of tetrazole rings is 1. The van der Waals surface area contributed by atoms with Crippen LogP contribution in [0.25, 0.3) is 11.4 Å². The molecule has 0 bridgehead atoms. The molecule has 0 aliphatic carbocycles. The summed E-state index contributed by atoms with van der Waals surface area (Å²) in [5, 5.41) is 14.8. The summed E-state index contributed by atoms with van der Waals surface area (Å²) in [6, 6.07) is 10.2. The van der Waals surface area contributed by atoms with E-state index in [1.807, 2.05) is 12.1 Å². The summed E-state index contributed by atoms with van der Waals surface area (Å²) in [5.74, 6) is 0.809. The van der Waals surface area contributed by atoms with Gasteiger partial charge in [0.25, 0.3) is 0 Å². The van der Waals surface area contributed by atoms with Crippen LogP contribution in [0, 0.1) is 5.92 Å². The van der Waals surface area contributed by atoms with Gasteiger partial charge in [0.2, 0.25) is 11.7 Å². The second kappa shape index (κ2) is 10.3. The first kappa shape index (κ1) is 23.8. The van der Waals surface area contributed by atoms with Crippen LogP contribution in [-0.4, -0.2) is 49.1 Å². The number of hydrogen-bond donors (Lipinski definition) is 1. The van der Waals surface area contributed by atoms with Crippen molar-refractivity contribution in [2.45, 2.75) is 45.6 Å². The largest absolute Gasteiger partial charge is 0.417 e. The standard InChI is InChI=1S/C23H26F3N7O/c1-16-8-10-32(11-9-16)14-17-2-4-18(5-3-17)22-29-31-33(30-22)15-21(34)28-13-20-7-6-19(12-27-20)23(24,25)26/h2-7,12,16H,8-11,13-15H2,1H3,(H,28,34). The highest BCUT2D eigenvalue weighted by molar-refractivity contribution is 5.75. The lowest BCUT2D eigenvalue weighted by atomic mass is 9.99. The Morgan fingerprint density at radius 1 is 1.12 bits per heavy atom. The maximum absolute atomic E-state index is 12.6. The van der Waals surface area contributed by atoms with Crippen LogP contribution in [0.2, 0.25) is 0 Å². The van der Waals surface area contributed by atoms with Gasteiger partial charge in [-0.3, -0.25) is 14.7 Å². The Balaban J connectivity index is 1.27. The monoisotopic (exact) mass is 473 g/mol. The van der Waals surface area contributed by atoms with E-state index in [0.717, 1.165) is 43.4 Å². The van der Waals surface area contributed by atoms with Gasteiger partial charge in [-0.15, -0.1) is 10.2 Å². The minimum Gasteiger partial charge on any atom is -0.349 e. The van der Waals surface area contributed by atoms with Crippen molar-refractivity contribution in [2.75, 3.05) is 13.1 Å². The highest BCUT2D eigenvalue weighted by atomic mass is 19.4. The maximum Gasteiger partial charge on any atom is 0.417 e. The number of alkyl halides is 3. The van der Waals surface area contributed by atoms with E-state index in [0.29, 0.717) is 11.5 Å². The fraction of sp³-hybridized carbons (Fsp3) is 0.435. The normalized spacial score (nSPS) is 15.4. The molecule has 2 aromatic heterocycles. The topological polar surface area (TPSA) is 88.8 Å². The summed E-state index contributed by atoms with van der Waals surface area (Å²) >= 11 is 0. The molecule has 0 radical (unpaired) electrons. The summed E-state index contributed by atoms with van der Waals surface area (Å²) in [5.41, 5.74) is 1.50. The first-order valence-electron chi connectivity index (χ1n) is 11.1. The number of carbonyl (C=O) groups excluding carboxylic acids is 1. The van der Waals surface area contributed by atoms with Crippen molar-refractivity contribution in [3.63, 3.8) is 0 Å². The molecule has 3 aromatic rings. The first-order chi connectivity index (χ1) is 16.3. The fourth-order valence-corrected chi connectivity index (χ4v) is 3.73. The number of carbonyl (C=O) groups is 1. The fourth-order valence-electron chi connectivity index (χ4n) is 3.73. The molecule has 1 saturated heterocycles. The van der Waals surface area contributed by atoms with E-state index in [2.05, 4.69) is 49.7 Å². The molecular formula is C23H26F3N7O. The Kier molecular flexibility index (Phi) is 7.20. The lowest BCUT2D eigenvalue weighted by Gasteiger charge is -2.30. The van der Waals surface area contributed by atoms with Crippen LogP contribution in [0.5, 0.6) is 0 Å². The number of nitrogens with zero attached hydrogens (tertiary/aromatic N) is 6. The van der Waals surface area contributed by atoms with Gasteiger partial charge in [-0.05, 0) is 54.8 Å². The van der Waals surface area contributed by atoms with Crippen molar-refractivity contribution in [3.8, 4) is 11.4 Å². The van der Waals surface area contributed by atoms with Crippen LogP contribution in [0.15, 0.2) is 42.6 Å². The molecule has 4 rings (SSSR count). The molecule has 1 fully saturated rings. The number of rotatable bonds is 7. The van der Waals surface area contributed by atoms with E-state index in [9.17, 15) is 18.0 Å². The van der Waals surface area contributed by atoms with E-state index in [-0.39, 0.29) is 13.1 Å². The van der Waals surface area contributed by atoms with Crippen LogP contribution in [0.4, 0.5) is 13.2 Å². The quantitative estimate of drug-likeness (QED) is 0.567. The molecule has 0 saturated carbocycles. The molecule has 0 unspecified atom stereocenters. The third-order valence-electron chi connectivity index (χ3n) is 5.85. The summed E-state index contributed by atoms with van der Waals surface area (Å²) in [6.07, 6.45) is -1.23. The van der Waals surface area contributed by atoms with E-state index in [4.69, 9.17) is 0 Å².